The van der Waals surface area contributed by atoms with Crippen LogP contribution in [0.25, 0.3) is 10.2 Å². The number of likely N-dealkylation sites (tertiary alicyclic amines) is 1. The fourth-order valence-electron chi connectivity index (χ4n) is 3.59. The minimum absolute atomic E-state index is 0.894. The minimum Gasteiger partial charge on any atom is -0.353 e. The molecule has 1 N–H and O–H groups in total. The molecule has 4 heterocycles. The van der Waals surface area contributed by atoms with Crippen LogP contribution in [0.5, 0.6) is 0 Å². The van der Waals surface area contributed by atoms with Crippen molar-refractivity contribution in [2.75, 3.05) is 44.2 Å². The Balaban J connectivity index is 1.76. The third-order valence-corrected chi connectivity index (χ3v) is 6.14. The first-order chi connectivity index (χ1) is 11.2. The number of piperazine rings is 1. The van der Waals surface area contributed by atoms with Crippen LogP contribution in [0.1, 0.15) is 29.1 Å². The average Bonchev–Trinajstić information content (AvgIpc) is 3.16. The molecule has 6 heteroatoms. The first kappa shape index (κ1) is 15.3. The molecule has 0 aliphatic carbocycles. The summed E-state index contributed by atoms with van der Waals surface area (Å²) >= 11 is 1.82. The van der Waals surface area contributed by atoms with Crippen LogP contribution in [0, 0.1) is 13.8 Å². The second-order valence-corrected chi connectivity index (χ2v) is 7.85. The maximum absolute atomic E-state index is 5.01. The monoisotopic (exact) mass is 331 g/mol. The van der Waals surface area contributed by atoms with Gasteiger partial charge in [0.15, 0.2) is 0 Å². The quantitative estimate of drug-likeness (QED) is 0.935. The van der Waals surface area contributed by atoms with E-state index in [1.54, 1.807) is 0 Å². The van der Waals surface area contributed by atoms with Gasteiger partial charge in [0.1, 0.15) is 16.5 Å². The van der Waals surface area contributed by atoms with E-state index in [-0.39, 0.29) is 0 Å². The SMILES string of the molecule is Cc1sc2nc(CN3CCCC3)nc(N3CCNCC3)c2c1C. The van der Waals surface area contributed by atoms with Gasteiger partial charge >= 0.3 is 0 Å². The molecule has 2 saturated heterocycles. The molecule has 23 heavy (non-hydrogen) atoms. The number of aromatic nitrogens is 2. The van der Waals surface area contributed by atoms with Gasteiger partial charge in [0, 0.05) is 31.1 Å². The van der Waals surface area contributed by atoms with Crippen molar-refractivity contribution in [2.24, 2.45) is 0 Å². The molecule has 2 aliphatic rings. The van der Waals surface area contributed by atoms with Crippen LogP contribution in [-0.2, 0) is 6.54 Å². The number of hydrogen-bond donors (Lipinski definition) is 1. The Morgan fingerprint density at radius 1 is 1.04 bits per heavy atom. The van der Waals surface area contributed by atoms with Crippen LogP contribution in [0.4, 0.5) is 5.82 Å². The van der Waals surface area contributed by atoms with E-state index >= 15 is 0 Å². The maximum atomic E-state index is 5.01. The lowest BCUT2D eigenvalue weighted by Gasteiger charge is -2.29. The standard InChI is InChI=1S/C17H25N5S/c1-12-13(2)23-17-15(12)16(22-9-5-18-6-10-22)19-14(20-17)11-21-7-3-4-8-21/h18H,3-11H2,1-2H3. The van der Waals surface area contributed by atoms with E-state index in [0.29, 0.717) is 0 Å². The predicted molar refractivity (Wildman–Crippen MR) is 96.5 cm³/mol. The molecule has 0 bridgehead atoms. The summed E-state index contributed by atoms with van der Waals surface area (Å²) in [5, 5.41) is 4.71. The number of thiophene rings is 1. The number of fused-ring (bicyclic) bond motifs is 1. The third kappa shape index (κ3) is 2.95. The van der Waals surface area contributed by atoms with Gasteiger partial charge in [-0.1, -0.05) is 0 Å². The Kier molecular flexibility index (Phi) is 4.22. The molecule has 0 amide bonds. The lowest BCUT2D eigenvalue weighted by atomic mass is 10.2. The van der Waals surface area contributed by atoms with Gasteiger partial charge in [-0.05, 0) is 45.3 Å². The zero-order valence-electron chi connectivity index (χ0n) is 14.1. The van der Waals surface area contributed by atoms with Crippen LogP contribution in [0.3, 0.4) is 0 Å². The first-order valence-electron chi connectivity index (χ1n) is 8.67. The van der Waals surface area contributed by atoms with Crippen molar-refractivity contribution in [1.82, 2.24) is 20.2 Å². The zero-order chi connectivity index (χ0) is 15.8. The molecule has 5 nitrogen and oxygen atoms in total. The maximum Gasteiger partial charge on any atom is 0.146 e. The summed E-state index contributed by atoms with van der Waals surface area (Å²) in [6.07, 6.45) is 2.62. The second kappa shape index (κ2) is 6.34. The Morgan fingerprint density at radius 3 is 2.52 bits per heavy atom. The van der Waals surface area contributed by atoms with Crippen LogP contribution in [0.2, 0.25) is 0 Å². The molecule has 2 aromatic rings. The number of aryl methyl sites for hydroxylation is 2. The van der Waals surface area contributed by atoms with E-state index in [0.717, 1.165) is 49.2 Å². The summed E-state index contributed by atoms with van der Waals surface area (Å²) in [4.78, 5) is 17.4. The van der Waals surface area contributed by atoms with Gasteiger partial charge in [-0.3, -0.25) is 4.90 Å². The van der Waals surface area contributed by atoms with Crippen molar-refractivity contribution in [3.63, 3.8) is 0 Å². The third-order valence-electron chi connectivity index (χ3n) is 5.04. The summed E-state index contributed by atoms with van der Waals surface area (Å²) in [6.45, 7) is 11.8. The molecule has 2 aromatic heterocycles. The van der Waals surface area contributed by atoms with Crippen molar-refractivity contribution in [1.29, 1.82) is 0 Å². The van der Waals surface area contributed by atoms with Crippen LogP contribution in [-0.4, -0.2) is 54.1 Å². The van der Waals surface area contributed by atoms with E-state index in [1.165, 1.54) is 41.8 Å². The number of anilines is 1. The Morgan fingerprint density at radius 2 is 1.78 bits per heavy atom. The molecule has 2 fully saturated rings. The molecule has 2 aliphatic heterocycles. The molecular weight excluding hydrogens is 306 g/mol. The number of hydrogen-bond acceptors (Lipinski definition) is 6. The molecule has 0 unspecified atom stereocenters. The molecule has 0 aromatic carbocycles. The van der Waals surface area contributed by atoms with Crippen LogP contribution in [0.15, 0.2) is 0 Å². The molecule has 124 valence electrons. The highest BCUT2D eigenvalue weighted by atomic mass is 32.1. The van der Waals surface area contributed by atoms with Crippen molar-refractivity contribution >= 4 is 27.4 Å². The van der Waals surface area contributed by atoms with Crippen molar-refractivity contribution < 1.29 is 0 Å². The summed E-state index contributed by atoms with van der Waals surface area (Å²) in [7, 11) is 0. The van der Waals surface area contributed by atoms with Gasteiger partial charge in [-0.2, -0.15) is 0 Å². The van der Waals surface area contributed by atoms with Gasteiger partial charge in [-0.15, -0.1) is 11.3 Å². The Labute approximate surface area is 141 Å². The lowest BCUT2D eigenvalue weighted by molar-refractivity contribution is 0.323. The number of rotatable bonds is 3. The molecular formula is C17H25N5S. The minimum atomic E-state index is 0.894. The first-order valence-corrected chi connectivity index (χ1v) is 9.48. The molecule has 0 radical (unpaired) electrons. The van der Waals surface area contributed by atoms with Gasteiger partial charge in [0.25, 0.3) is 0 Å². The summed E-state index contributed by atoms with van der Waals surface area (Å²) in [5.41, 5.74) is 1.35. The van der Waals surface area contributed by atoms with E-state index in [1.807, 2.05) is 11.3 Å². The number of nitrogens with one attached hydrogen (secondary N) is 1. The Hall–Kier alpha value is -1.24. The van der Waals surface area contributed by atoms with Gasteiger partial charge in [0.05, 0.1) is 11.9 Å². The fraction of sp³-hybridized carbons (Fsp3) is 0.647. The van der Waals surface area contributed by atoms with E-state index in [9.17, 15) is 0 Å². The fourth-order valence-corrected chi connectivity index (χ4v) is 4.63. The van der Waals surface area contributed by atoms with E-state index < -0.39 is 0 Å². The highest BCUT2D eigenvalue weighted by molar-refractivity contribution is 7.18. The molecule has 0 atom stereocenters. The van der Waals surface area contributed by atoms with E-state index in [4.69, 9.17) is 9.97 Å². The normalized spacial score (nSPS) is 19.8. The van der Waals surface area contributed by atoms with Gasteiger partial charge < -0.3 is 10.2 Å². The van der Waals surface area contributed by atoms with Crippen molar-refractivity contribution in [2.45, 2.75) is 33.2 Å². The summed E-state index contributed by atoms with van der Waals surface area (Å²) in [5.74, 6) is 2.15. The Bertz CT molecular complexity index is 699. The van der Waals surface area contributed by atoms with Crippen molar-refractivity contribution in [3.8, 4) is 0 Å². The lowest BCUT2D eigenvalue weighted by Crippen LogP contribution is -2.44. The van der Waals surface area contributed by atoms with Gasteiger partial charge in [0.2, 0.25) is 0 Å². The smallest absolute Gasteiger partial charge is 0.146 e. The predicted octanol–water partition coefficient (Wildman–Crippen LogP) is 2.31. The zero-order valence-corrected chi connectivity index (χ0v) is 14.9. The molecule has 4 rings (SSSR count). The van der Waals surface area contributed by atoms with Crippen LogP contribution < -0.4 is 10.2 Å². The highest BCUT2D eigenvalue weighted by Gasteiger charge is 2.22. The second-order valence-electron chi connectivity index (χ2n) is 6.65. The van der Waals surface area contributed by atoms with Gasteiger partial charge in [-0.25, -0.2) is 9.97 Å². The summed E-state index contributed by atoms with van der Waals surface area (Å²) in [6, 6.07) is 0. The van der Waals surface area contributed by atoms with Crippen LogP contribution >= 0.6 is 11.3 Å². The number of nitrogens with zero attached hydrogens (tertiary/aromatic N) is 4. The van der Waals surface area contributed by atoms with E-state index in [2.05, 4.69) is 29.0 Å². The molecule has 0 spiro atoms. The topological polar surface area (TPSA) is 44.3 Å². The largest absolute Gasteiger partial charge is 0.353 e. The highest BCUT2D eigenvalue weighted by Crippen LogP contribution is 2.35. The summed E-state index contributed by atoms with van der Waals surface area (Å²) < 4.78 is 0. The van der Waals surface area contributed by atoms with Crippen molar-refractivity contribution in [3.05, 3.63) is 16.3 Å². The average molecular weight is 331 g/mol. The molecule has 0 saturated carbocycles.